The first-order valence-electron chi connectivity index (χ1n) is 4.37. The normalized spacial score (nSPS) is 12.6. The van der Waals surface area contributed by atoms with Gasteiger partial charge in [-0.1, -0.05) is 12.8 Å². The zero-order valence-electron chi connectivity index (χ0n) is 7.81. The Bertz CT molecular complexity index is 124. The maximum absolute atomic E-state index is 12.3. The Balaban J connectivity index is 3.05. The predicted octanol–water partition coefficient (Wildman–Crippen LogP) is 2.47. The molecule has 0 aromatic rings. The first-order valence-corrected chi connectivity index (χ1v) is 4.37. The molecule has 0 saturated carbocycles. The fourth-order valence-corrected chi connectivity index (χ4v) is 0.974. The minimum Gasteiger partial charge on any atom is -0.469 e. The highest BCUT2D eigenvalue weighted by Crippen LogP contribution is 2.07. The third kappa shape index (κ3) is 7.51. The van der Waals surface area contributed by atoms with Crippen molar-refractivity contribution in [2.75, 3.05) is 7.11 Å². The van der Waals surface area contributed by atoms with Crippen molar-refractivity contribution in [1.29, 1.82) is 0 Å². The summed E-state index contributed by atoms with van der Waals surface area (Å²) < 4.78 is 16.7. The molecule has 0 amide bonds. The van der Waals surface area contributed by atoms with E-state index in [0.29, 0.717) is 12.8 Å². The van der Waals surface area contributed by atoms with Gasteiger partial charge in [0.1, 0.15) is 0 Å². The van der Waals surface area contributed by atoms with Crippen LogP contribution in [-0.4, -0.2) is 19.3 Å². The van der Waals surface area contributed by atoms with E-state index >= 15 is 0 Å². The van der Waals surface area contributed by atoms with E-state index in [1.165, 1.54) is 7.11 Å². The molecule has 0 N–H and O–H groups in total. The molecule has 12 heavy (non-hydrogen) atoms. The SMILES string of the molecule is COC(=O)CCCCCC(C)F. The Morgan fingerprint density at radius 3 is 2.58 bits per heavy atom. The van der Waals surface area contributed by atoms with E-state index in [1.807, 2.05) is 0 Å². The van der Waals surface area contributed by atoms with Gasteiger partial charge in [-0.25, -0.2) is 4.39 Å². The topological polar surface area (TPSA) is 26.3 Å². The molecule has 0 spiro atoms. The molecule has 2 nitrogen and oxygen atoms in total. The number of carbonyl (C=O) groups excluding carboxylic acids is 1. The number of hydrogen-bond donors (Lipinski definition) is 0. The summed E-state index contributed by atoms with van der Waals surface area (Å²) in [5, 5.41) is 0. The predicted molar refractivity (Wildman–Crippen MR) is 45.7 cm³/mol. The second kappa shape index (κ2) is 7.07. The Morgan fingerprint density at radius 1 is 1.42 bits per heavy atom. The van der Waals surface area contributed by atoms with Crippen molar-refractivity contribution in [2.45, 2.75) is 45.2 Å². The molecule has 0 saturated heterocycles. The summed E-state index contributed by atoms with van der Waals surface area (Å²) in [7, 11) is 1.38. The maximum atomic E-state index is 12.3. The number of rotatable bonds is 6. The number of hydrogen-bond acceptors (Lipinski definition) is 2. The average Bonchev–Trinajstić information content (AvgIpc) is 2.03. The molecule has 0 bridgehead atoms. The first-order chi connectivity index (χ1) is 5.66. The molecule has 0 rings (SSSR count). The largest absolute Gasteiger partial charge is 0.469 e. The van der Waals surface area contributed by atoms with E-state index in [-0.39, 0.29) is 5.97 Å². The van der Waals surface area contributed by atoms with Gasteiger partial charge >= 0.3 is 5.97 Å². The van der Waals surface area contributed by atoms with E-state index < -0.39 is 6.17 Å². The minimum absolute atomic E-state index is 0.178. The zero-order valence-corrected chi connectivity index (χ0v) is 7.81. The standard InChI is InChI=1S/C9H17FO2/c1-8(10)6-4-3-5-7-9(11)12-2/h8H,3-7H2,1-2H3. The lowest BCUT2D eigenvalue weighted by molar-refractivity contribution is -0.140. The van der Waals surface area contributed by atoms with Crippen molar-refractivity contribution in [3.05, 3.63) is 0 Å². The number of alkyl halides is 1. The number of methoxy groups -OCH3 is 1. The lowest BCUT2D eigenvalue weighted by Crippen LogP contribution is -1.99. The van der Waals surface area contributed by atoms with Gasteiger partial charge in [0.2, 0.25) is 0 Å². The van der Waals surface area contributed by atoms with Gasteiger partial charge in [-0.05, 0) is 19.8 Å². The van der Waals surface area contributed by atoms with Gasteiger partial charge in [0.05, 0.1) is 13.3 Å². The summed E-state index contributed by atoms with van der Waals surface area (Å²) in [6.07, 6.45) is 2.90. The minimum atomic E-state index is -0.719. The van der Waals surface area contributed by atoms with Crippen LogP contribution in [0.4, 0.5) is 4.39 Å². The molecule has 0 heterocycles. The first kappa shape index (κ1) is 11.4. The van der Waals surface area contributed by atoms with Crippen molar-refractivity contribution in [1.82, 2.24) is 0 Å². The fraction of sp³-hybridized carbons (Fsp3) is 0.889. The van der Waals surface area contributed by atoms with Crippen LogP contribution < -0.4 is 0 Å². The monoisotopic (exact) mass is 176 g/mol. The summed E-state index contributed by atoms with van der Waals surface area (Å²) in [5.41, 5.74) is 0. The van der Waals surface area contributed by atoms with E-state index in [4.69, 9.17) is 0 Å². The van der Waals surface area contributed by atoms with Crippen LogP contribution >= 0.6 is 0 Å². The smallest absolute Gasteiger partial charge is 0.305 e. The van der Waals surface area contributed by atoms with Crippen LogP contribution in [0.15, 0.2) is 0 Å². The zero-order chi connectivity index (χ0) is 9.40. The maximum Gasteiger partial charge on any atom is 0.305 e. The highest BCUT2D eigenvalue weighted by molar-refractivity contribution is 5.68. The van der Waals surface area contributed by atoms with Crippen LogP contribution in [0.5, 0.6) is 0 Å². The highest BCUT2D eigenvalue weighted by atomic mass is 19.1. The Morgan fingerprint density at radius 2 is 2.08 bits per heavy atom. The Hall–Kier alpha value is -0.600. The average molecular weight is 176 g/mol. The number of unbranched alkanes of at least 4 members (excludes halogenated alkanes) is 2. The molecule has 0 aliphatic rings. The van der Waals surface area contributed by atoms with E-state index in [9.17, 15) is 9.18 Å². The van der Waals surface area contributed by atoms with Gasteiger partial charge in [0.15, 0.2) is 0 Å². The molecule has 1 unspecified atom stereocenters. The molecule has 1 atom stereocenters. The molecule has 0 aromatic heterocycles. The van der Waals surface area contributed by atoms with Gasteiger partial charge in [-0.15, -0.1) is 0 Å². The van der Waals surface area contributed by atoms with Gasteiger partial charge in [0, 0.05) is 6.42 Å². The molecule has 0 radical (unpaired) electrons. The number of carbonyl (C=O) groups is 1. The molecule has 72 valence electrons. The fourth-order valence-electron chi connectivity index (χ4n) is 0.974. The van der Waals surface area contributed by atoms with E-state index in [2.05, 4.69) is 4.74 Å². The van der Waals surface area contributed by atoms with E-state index in [1.54, 1.807) is 6.92 Å². The van der Waals surface area contributed by atoms with Crippen LogP contribution in [0.1, 0.15) is 39.0 Å². The van der Waals surface area contributed by atoms with Crippen LogP contribution in [0, 0.1) is 0 Å². The second-order valence-electron chi connectivity index (χ2n) is 2.96. The Kier molecular flexibility index (Phi) is 6.72. The summed E-state index contributed by atoms with van der Waals surface area (Å²) in [4.78, 5) is 10.6. The molecule has 0 fully saturated rings. The molecule has 3 heteroatoms. The summed E-state index contributed by atoms with van der Waals surface area (Å²) in [6, 6.07) is 0. The number of esters is 1. The van der Waals surface area contributed by atoms with Crippen molar-refractivity contribution in [3.8, 4) is 0 Å². The van der Waals surface area contributed by atoms with Crippen molar-refractivity contribution < 1.29 is 13.9 Å². The van der Waals surface area contributed by atoms with Gasteiger partial charge in [-0.3, -0.25) is 4.79 Å². The lowest BCUT2D eigenvalue weighted by atomic mass is 10.1. The van der Waals surface area contributed by atoms with Crippen molar-refractivity contribution >= 4 is 5.97 Å². The second-order valence-corrected chi connectivity index (χ2v) is 2.96. The number of halogens is 1. The Labute approximate surface area is 73.1 Å². The van der Waals surface area contributed by atoms with Crippen molar-refractivity contribution in [2.24, 2.45) is 0 Å². The number of ether oxygens (including phenoxy) is 1. The van der Waals surface area contributed by atoms with Crippen LogP contribution in [-0.2, 0) is 9.53 Å². The van der Waals surface area contributed by atoms with Crippen LogP contribution in [0.2, 0.25) is 0 Å². The van der Waals surface area contributed by atoms with Gasteiger partial charge < -0.3 is 4.74 Å². The third-order valence-corrected chi connectivity index (χ3v) is 1.71. The highest BCUT2D eigenvalue weighted by Gasteiger charge is 2.00. The molecule has 0 aliphatic carbocycles. The van der Waals surface area contributed by atoms with Crippen LogP contribution in [0.3, 0.4) is 0 Å². The molecular weight excluding hydrogens is 159 g/mol. The molecular formula is C9H17FO2. The van der Waals surface area contributed by atoms with E-state index in [0.717, 1.165) is 19.3 Å². The third-order valence-electron chi connectivity index (χ3n) is 1.71. The summed E-state index contributed by atoms with van der Waals surface area (Å²) >= 11 is 0. The van der Waals surface area contributed by atoms with Crippen LogP contribution in [0.25, 0.3) is 0 Å². The molecule has 0 aliphatic heterocycles. The quantitative estimate of drug-likeness (QED) is 0.459. The summed E-state index contributed by atoms with van der Waals surface area (Å²) in [5.74, 6) is -0.178. The van der Waals surface area contributed by atoms with Gasteiger partial charge in [0.25, 0.3) is 0 Å². The molecule has 0 aromatic carbocycles. The van der Waals surface area contributed by atoms with Gasteiger partial charge in [-0.2, -0.15) is 0 Å². The van der Waals surface area contributed by atoms with Crippen molar-refractivity contribution in [3.63, 3.8) is 0 Å². The summed E-state index contributed by atoms with van der Waals surface area (Å²) in [6.45, 7) is 1.56. The lowest BCUT2D eigenvalue weighted by Gasteiger charge is -2.01.